The zero-order chi connectivity index (χ0) is 15.6. The van der Waals surface area contributed by atoms with Crippen molar-refractivity contribution in [3.8, 4) is 0 Å². The van der Waals surface area contributed by atoms with E-state index in [1.54, 1.807) is 11.3 Å². The van der Waals surface area contributed by atoms with E-state index in [2.05, 4.69) is 11.0 Å². The van der Waals surface area contributed by atoms with Gasteiger partial charge in [0.1, 0.15) is 0 Å². The van der Waals surface area contributed by atoms with Crippen LogP contribution >= 0.6 is 22.9 Å². The summed E-state index contributed by atoms with van der Waals surface area (Å²) < 4.78 is 6.15. The van der Waals surface area contributed by atoms with E-state index >= 15 is 0 Å². The first-order chi connectivity index (χ1) is 10.6. The van der Waals surface area contributed by atoms with Gasteiger partial charge in [0, 0.05) is 50.8 Å². The highest BCUT2D eigenvalue weighted by Crippen LogP contribution is 2.24. The summed E-state index contributed by atoms with van der Waals surface area (Å²) in [7, 11) is 0. The Hall–Kier alpha value is -0.660. The van der Waals surface area contributed by atoms with Crippen molar-refractivity contribution in [1.29, 1.82) is 0 Å². The Morgan fingerprint density at radius 1 is 1.27 bits per heavy atom. The van der Waals surface area contributed by atoms with E-state index in [9.17, 15) is 4.79 Å². The minimum atomic E-state index is -0.721. The van der Waals surface area contributed by atoms with Gasteiger partial charge in [-0.1, -0.05) is 11.6 Å². The van der Waals surface area contributed by atoms with Gasteiger partial charge >= 0.3 is 0 Å². The first-order valence-electron chi connectivity index (χ1n) is 7.69. The van der Waals surface area contributed by atoms with Crippen LogP contribution in [0.4, 0.5) is 0 Å². The van der Waals surface area contributed by atoms with Crippen molar-refractivity contribution in [2.24, 2.45) is 5.73 Å². The third-order valence-corrected chi connectivity index (χ3v) is 5.69. The van der Waals surface area contributed by atoms with Crippen molar-refractivity contribution in [2.45, 2.75) is 24.9 Å². The molecule has 0 atom stereocenters. The van der Waals surface area contributed by atoms with Gasteiger partial charge in [0.2, 0.25) is 5.91 Å². The summed E-state index contributed by atoms with van der Waals surface area (Å²) in [6.07, 6.45) is 1.25. The number of nitrogens with two attached hydrogens (primary N) is 1. The normalized spacial score (nSPS) is 22.7. The summed E-state index contributed by atoms with van der Waals surface area (Å²) in [5, 5.41) is 0. The van der Waals surface area contributed by atoms with E-state index in [1.807, 2.05) is 11.0 Å². The highest BCUT2D eigenvalue weighted by Gasteiger charge is 2.39. The van der Waals surface area contributed by atoms with Crippen LogP contribution in [0.15, 0.2) is 12.1 Å². The molecule has 0 radical (unpaired) electrons. The maximum absolute atomic E-state index is 12.7. The van der Waals surface area contributed by atoms with E-state index in [-0.39, 0.29) is 5.91 Å². The van der Waals surface area contributed by atoms with Crippen LogP contribution in [0.1, 0.15) is 17.7 Å². The topological polar surface area (TPSA) is 58.8 Å². The molecule has 1 aromatic rings. The second kappa shape index (κ2) is 6.84. The molecule has 3 rings (SSSR count). The summed E-state index contributed by atoms with van der Waals surface area (Å²) in [4.78, 5) is 18.2. The van der Waals surface area contributed by atoms with Crippen LogP contribution in [0.5, 0.6) is 0 Å². The smallest absolute Gasteiger partial charge is 0.242 e. The number of hydrogen-bond donors (Lipinski definition) is 1. The maximum Gasteiger partial charge on any atom is 0.242 e. The lowest BCUT2D eigenvalue weighted by molar-refractivity contribution is -0.142. The van der Waals surface area contributed by atoms with Crippen molar-refractivity contribution in [1.82, 2.24) is 9.80 Å². The summed E-state index contributed by atoms with van der Waals surface area (Å²) >= 11 is 7.59. The minimum Gasteiger partial charge on any atom is -0.381 e. The van der Waals surface area contributed by atoms with Crippen molar-refractivity contribution in [2.75, 3.05) is 39.4 Å². The lowest BCUT2D eigenvalue weighted by atomic mass is 9.89. The molecule has 1 aromatic heterocycles. The first-order valence-corrected chi connectivity index (χ1v) is 8.89. The predicted molar refractivity (Wildman–Crippen MR) is 88.2 cm³/mol. The Morgan fingerprint density at radius 3 is 2.55 bits per heavy atom. The van der Waals surface area contributed by atoms with Crippen LogP contribution in [-0.2, 0) is 16.1 Å². The number of carbonyl (C=O) groups excluding carboxylic acids is 1. The molecule has 0 saturated carbocycles. The summed E-state index contributed by atoms with van der Waals surface area (Å²) in [6.45, 7) is 5.33. The molecule has 0 bridgehead atoms. The quantitative estimate of drug-likeness (QED) is 0.904. The van der Waals surface area contributed by atoms with E-state index in [4.69, 9.17) is 22.1 Å². The lowest BCUT2D eigenvalue weighted by Crippen LogP contribution is -2.61. The zero-order valence-corrected chi connectivity index (χ0v) is 14.2. The molecule has 5 nitrogen and oxygen atoms in total. The van der Waals surface area contributed by atoms with Crippen LogP contribution in [0.25, 0.3) is 0 Å². The fourth-order valence-electron chi connectivity index (χ4n) is 3.03. The summed E-state index contributed by atoms with van der Waals surface area (Å²) in [5.41, 5.74) is 5.58. The van der Waals surface area contributed by atoms with Crippen LogP contribution < -0.4 is 5.73 Å². The Balaban J connectivity index is 1.51. The van der Waals surface area contributed by atoms with E-state index in [1.165, 1.54) is 4.88 Å². The molecular weight excluding hydrogens is 322 g/mol. The zero-order valence-electron chi connectivity index (χ0n) is 12.6. The van der Waals surface area contributed by atoms with Gasteiger partial charge in [-0.2, -0.15) is 0 Å². The maximum atomic E-state index is 12.7. The van der Waals surface area contributed by atoms with E-state index in [0.717, 1.165) is 37.1 Å². The van der Waals surface area contributed by atoms with Crippen LogP contribution in [-0.4, -0.2) is 60.6 Å². The number of ether oxygens (including phenoxy) is 1. The number of thiophene rings is 1. The van der Waals surface area contributed by atoms with Gasteiger partial charge in [0.05, 0.1) is 9.88 Å². The van der Waals surface area contributed by atoms with E-state index < -0.39 is 5.54 Å². The van der Waals surface area contributed by atoms with Gasteiger partial charge in [-0.05, 0) is 25.0 Å². The van der Waals surface area contributed by atoms with Crippen molar-refractivity contribution >= 4 is 28.8 Å². The highest BCUT2D eigenvalue weighted by molar-refractivity contribution is 7.16. The van der Waals surface area contributed by atoms with Crippen molar-refractivity contribution in [3.63, 3.8) is 0 Å². The fraction of sp³-hybridized carbons (Fsp3) is 0.667. The van der Waals surface area contributed by atoms with Gasteiger partial charge in [-0.25, -0.2) is 0 Å². The Kier molecular flexibility index (Phi) is 5.04. The molecular formula is C15H22ClN3O2S. The third-order valence-electron chi connectivity index (χ3n) is 4.48. The van der Waals surface area contributed by atoms with Gasteiger partial charge in [0.15, 0.2) is 0 Å². The Bertz CT molecular complexity index is 523. The Morgan fingerprint density at radius 2 is 1.95 bits per heavy atom. The van der Waals surface area contributed by atoms with Crippen molar-refractivity contribution in [3.05, 3.63) is 21.3 Å². The lowest BCUT2D eigenvalue weighted by Gasteiger charge is -2.40. The Labute approximate surface area is 140 Å². The molecule has 2 N–H and O–H groups in total. The molecule has 3 heterocycles. The third kappa shape index (κ3) is 3.63. The largest absolute Gasteiger partial charge is 0.381 e. The molecule has 2 aliphatic heterocycles. The number of amides is 1. The van der Waals surface area contributed by atoms with Gasteiger partial charge in [-0.15, -0.1) is 11.3 Å². The average Bonchev–Trinajstić information content (AvgIpc) is 2.93. The molecule has 22 heavy (non-hydrogen) atoms. The minimum absolute atomic E-state index is 0.0922. The fourth-order valence-corrected chi connectivity index (χ4v) is 4.16. The van der Waals surface area contributed by atoms with Crippen LogP contribution in [0.2, 0.25) is 4.34 Å². The van der Waals surface area contributed by atoms with Crippen LogP contribution in [0.3, 0.4) is 0 Å². The number of nitrogens with zero attached hydrogens (tertiary/aromatic N) is 2. The number of hydrogen-bond acceptors (Lipinski definition) is 5. The number of rotatable bonds is 3. The highest BCUT2D eigenvalue weighted by atomic mass is 35.5. The standard InChI is InChI=1S/C15H22ClN3O2S/c16-13-2-1-12(22-13)11-18-5-7-19(8-6-18)14(20)15(17)3-9-21-10-4-15/h1-2H,3-11,17H2. The number of piperazine rings is 1. The van der Waals surface area contributed by atoms with Gasteiger partial charge < -0.3 is 15.4 Å². The molecule has 0 unspecified atom stereocenters. The number of halogens is 1. The summed E-state index contributed by atoms with van der Waals surface area (Å²) in [5.74, 6) is 0.0922. The molecule has 0 aromatic carbocycles. The molecule has 122 valence electrons. The molecule has 0 spiro atoms. The molecule has 0 aliphatic carbocycles. The van der Waals surface area contributed by atoms with Crippen LogP contribution in [0, 0.1) is 0 Å². The molecule has 7 heteroatoms. The predicted octanol–water partition coefficient (Wildman–Crippen LogP) is 1.55. The number of carbonyl (C=O) groups is 1. The van der Waals surface area contributed by atoms with Gasteiger partial charge in [0.25, 0.3) is 0 Å². The molecule has 1 amide bonds. The first kappa shape index (κ1) is 16.2. The van der Waals surface area contributed by atoms with E-state index in [0.29, 0.717) is 26.1 Å². The molecule has 2 fully saturated rings. The SMILES string of the molecule is NC1(C(=O)N2CCN(Cc3ccc(Cl)s3)CC2)CCOCC1. The molecule has 2 saturated heterocycles. The average molecular weight is 344 g/mol. The van der Waals surface area contributed by atoms with Gasteiger partial charge in [-0.3, -0.25) is 9.69 Å². The van der Waals surface area contributed by atoms with Crippen molar-refractivity contribution < 1.29 is 9.53 Å². The molecule has 2 aliphatic rings. The monoisotopic (exact) mass is 343 g/mol. The summed E-state index contributed by atoms with van der Waals surface area (Å²) in [6, 6.07) is 4.01. The second-order valence-electron chi connectivity index (χ2n) is 6.04. The second-order valence-corrected chi connectivity index (χ2v) is 7.84.